The normalized spacial score (nSPS) is 18.9. The van der Waals surface area contributed by atoms with Crippen LogP contribution in [0.1, 0.15) is 29.5 Å². The largest absolute Gasteiger partial charge is 0.489 e. The molecule has 0 unspecified atom stereocenters. The van der Waals surface area contributed by atoms with Gasteiger partial charge in [-0.15, -0.1) is 0 Å². The Labute approximate surface area is 158 Å². The molecule has 1 aliphatic heterocycles. The molecule has 6 nitrogen and oxygen atoms in total. The number of carboxylic acid groups (broad SMARTS) is 1. The van der Waals surface area contributed by atoms with E-state index in [0.29, 0.717) is 25.1 Å². The van der Waals surface area contributed by atoms with E-state index in [0.717, 1.165) is 16.9 Å². The van der Waals surface area contributed by atoms with Gasteiger partial charge in [0.05, 0.1) is 0 Å². The second kappa shape index (κ2) is 8.22. The Morgan fingerprint density at radius 1 is 1.15 bits per heavy atom. The lowest BCUT2D eigenvalue weighted by molar-refractivity contribution is -0.150. The third-order valence-corrected chi connectivity index (χ3v) is 4.53. The molecule has 0 aromatic heterocycles. The maximum atomic E-state index is 12.3. The predicted molar refractivity (Wildman–Crippen MR) is 101 cm³/mol. The number of hydrogen-bond acceptors (Lipinski definition) is 4. The van der Waals surface area contributed by atoms with Crippen LogP contribution in [0.25, 0.3) is 0 Å². The Hall–Kier alpha value is -2.86. The molecule has 142 valence electrons. The number of carboxylic acids is 1. The van der Waals surface area contributed by atoms with E-state index in [1.165, 1.54) is 5.56 Å². The molecule has 0 bridgehead atoms. The molecule has 1 aliphatic rings. The molecule has 1 saturated heterocycles. The van der Waals surface area contributed by atoms with Gasteiger partial charge in [0.1, 0.15) is 18.5 Å². The smallest absolute Gasteiger partial charge is 0.332 e. The Morgan fingerprint density at radius 2 is 1.93 bits per heavy atom. The number of carbonyl (C=O) groups is 2. The first-order valence-electron chi connectivity index (χ1n) is 8.90. The van der Waals surface area contributed by atoms with Crippen molar-refractivity contribution in [1.82, 2.24) is 0 Å². The van der Waals surface area contributed by atoms with Crippen LogP contribution in [0.5, 0.6) is 5.75 Å². The monoisotopic (exact) mass is 369 g/mol. The van der Waals surface area contributed by atoms with E-state index in [2.05, 4.69) is 11.4 Å². The average Bonchev–Trinajstić information content (AvgIpc) is 3.13. The highest BCUT2D eigenvalue weighted by Crippen LogP contribution is 2.25. The van der Waals surface area contributed by atoms with Crippen molar-refractivity contribution in [2.45, 2.75) is 45.5 Å². The standard InChI is InChI=1S/C21H23NO5/c1-13-4-3-5-15(10-13)12-26-16-6-7-17(14(2)11-16)22-20(23)18-8-9-19(27-18)21(24)25/h3-7,10-11,18-19H,8-9,12H2,1-2H3,(H,22,23)(H,24,25)/t18-,19+/m0/s1. The van der Waals surface area contributed by atoms with Gasteiger partial charge < -0.3 is 19.9 Å². The third-order valence-electron chi connectivity index (χ3n) is 4.53. The van der Waals surface area contributed by atoms with E-state index < -0.39 is 18.2 Å². The number of nitrogens with one attached hydrogen (secondary N) is 1. The van der Waals surface area contributed by atoms with Crippen molar-refractivity contribution < 1.29 is 24.2 Å². The average molecular weight is 369 g/mol. The predicted octanol–water partition coefficient (Wildman–Crippen LogP) is 3.45. The quantitative estimate of drug-likeness (QED) is 0.815. The van der Waals surface area contributed by atoms with Gasteiger partial charge in [-0.05, 0) is 56.0 Å². The summed E-state index contributed by atoms with van der Waals surface area (Å²) in [7, 11) is 0. The van der Waals surface area contributed by atoms with Crippen molar-refractivity contribution in [3.8, 4) is 5.75 Å². The first-order valence-corrected chi connectivity index (χ1v) is 8.90. The fourth-order valence-electron chi connectivity index (χ4n) is 3.06. The van der Waals surface area contributed by atoms with Gasteiger partial charge in [0.2, 0.25) is 0 Å². The van der Waals surface area contributed by atoms with Gasteiger partial charge in [0.15, 0.2) is 6.10 Å². The Balaban J connectivity index is 1.58. The van der Waals surface area contributed by atoms with E-state index >= 15 is 0 Å². The van der Waals surface area contributed by atoms with Crippen molar-refractivity contribution in [2.24, 2.45) is 0 Å². The molecule has 0 radical (unpaired) electrons. The van der Waals surface area contributed by atoms with E-state index in [-0.39, 0.29) is 5.91 Å². The van der Waals surface area contributed by atoms with E-state index in [4.69, 9.17) is 14.6 Å². The SMILES string of the molecule is Cc1cccc(COc2ccc(NC(=O)[C@@H]3CC[C@H](C(=O)O)O3)c(C)c2)c1. The number of amides is 1. The van der Waals surface area contributed by atoms with Crippen LogP contribution in [0.15, 0.2) is 42.5 Å². The lowest BCUT2D eigenvalue weighted by atomic mass is 10.1. The van der Waals surface area contributed by atoms with Crippen LogP contribution in [0.4, 0.5) is 5.69 Å². The summed E-state index contributed by atoms with van der Waals surface area (Å²) in [5, 5.41) is 11.8. The second-order valence-electron chi connectivity index (χ2n) is 6.77. The zero-order valence-electron chi connectivity index (χ0n) is 15.4. The van der Waals surface area contributed by atoms with E-state index in [1.54, 1.807) is 12.1 Å². The van der Waals surface area contributed by atoms with Crippen LogP contribution in [0.2, 0.25) is 0 Å². The number of benzene rings is 2. The lowest BCUT2D eigenvalue weighted by Crippen LogP contribution is -2.30. The molecule has 1 amide bonds. The summed E-state index contributed by atoms with van der Waals surface area (Å²) in [6.45, 7) is 4.39. The van der Waals surface area contributed by atoms with Crippen LogP contribution in [-0.2, 0) is 20.9 Å². The summed E-state index contributed by atoms with van der Waals surface area (Å²) in [6, 6.07) is 13.6. The van der Waals surface area contributed by atoms with Crippen LogP contribution in [0.3, 0.4) is 0 Å². The molecular weight excluding hydrogens is 346 g/mol. The minimum atomic E-state index is -1.03. The maximum absolute atomic E-state index is 12.3. The van der Waals surface area contributed by atoms with Crippen molar-refractivity contribution in [3.05, 3.63) is 59.2 Å². The zero-order valence-corrected chi connectivity index (χ0v) is 15.4. The highest BCUT2D eigenvalue weighted by atomic mass is 16.5. The third kappa shape index (κ3) is 4.86. The number of rotatable bonds is 6. The van der Waals surface area contributed by atoms with Gasteiger partial charge in [0, 0.05) is 5.69 Å². The van der Waals surface area contributed by atoms with Crippen molar-refractivity contribution >= 4 is 17.6 Å². The first kappa shape index (κ1) is 18.9. The molecule has 2 N–H and O–H groups in total. The van der Waals surface area contributed by atoms with Crippen LogP contribution < -0.4 is 10.1 Å². The van der Waals surface area contributed by atoms with E-state index in [1.807, 2.05) is 38.1 Å². The summed E-state index contributed by atoms with van der Waals surface area (Å²) in [4.78, 5) is 23.2. The molecular formula is C21H23NO5. The number of ether oxygens (including phenoxy) is 2. The highest BCUT2D eigenvalue weighted by Gasteiger charge is 2.34. The molecule has 2 aromatic rings. The van der Waals surface area contributed by atoms with Crippen molar-refractivity contribution in [2.75, 3.05) is 5.32 Å². The first-order chi connectivity index (χ1) is 12.9. The summed E-state index contributed by atoms with van der Waals surface area (Å²) in [6.07, 6.45) is -0.889. The molecule has 0 spiro atoms. The summed E-state index contributed by atoms with van der Waals surface area (Å²) in [5.41, 5.74) is 3.80. The lowest BCUT2D eigenvalue weighted by Gasteiger charge is -2.14. The summed E-state index contributed by atoms with van der Waals surface area (Å²) in [5.74, 6) is -0.637. The second-order valence-corrected chi connectivity index (χ2v) is 6.77. The van der Waals surface area contributed by atoms with Gasteiger partial charge in [-0.2, -0.15) is 0 Å². The Kier molecular flexibility index (Phi) is 5.76. The number of hydrogen-bond donors (Lipinski definition) is 2. The zero-order chi connectivity index (χ0) is 19.4. The van der Waals surface area contributed by atoms with Crippen LogP contribution >= 0.6 is 0 Å². The highest BCUT2D eigenvalue weighted by molar-refractivity contribution is 5.95. The fourth-order valence-corrected chi connectivity index (χ4v) is 3.06. The van der Waals surface area contributed by atoms with Gasteiger partial charge in [-0.25, -0.2) is 4.79 Å². The van der Waals surface area contributed by atoms with Gasteiger partial charge >= 0.3 is 5.97 Å². The molecule has 27 heavy (non-hydrogen) atoms. The van der Waals surface area contributed by atoms with E-state index in [9.17, 15) is 9.59 Å². The molecule has 2 aromatic carbocycles. The molecule has 1 fully saturated rings. The number of aliphatic carboxylic acids is 1. The van der Waals surface area contributed by atoms with Gasteiger partial charge in [-0.1, -0.05) is 29.8 Å². The molecule has 0 saturated carbocycles. The fraction of sp³-hybridized carbons (Fsp3) is 0.333. The minimum absolute atomic E-state index is 0.324. The molecule has 0 aliphatic carbocycles. The minimum Gasteiger partial charge on any atom is -0.489 e. The van der Waals surface area contributed by atoms with Gasteiger partial charge in [-0.3, -0.25) is 4.79 Å². The Bertz CT molecular complexity index is 848. The summed E-state index contributed by atoms with van der Waals surface area (Å²) >= 11 is 0. The number of aryl methyl sites for hydroxylation is 2. The topological polar surface area (TPSA) is 84.9 Å². The van der Waals surface area contributed by atoms with Crippen LogP contribution in [0, 0.1) is 13.8 Å². The molecule has 2 atom stereocenters. The summed E-state index contributed by atoms with van der Waals surface area (Å²) < 4.78 is 11.1. The molecule has 6 heteroatoms. The van der Waals surface area contributed by atoms with Crippen molar-refractivity contribution in [1.29, 1.82) is 0 Å². The molecule has 1 heterocycles. The van der Waals surface area contributed by atoms with Crippen LogP contribution in [-0.4, -0.2) is 29.2 Å². The maximum Gasteiger partial charge on any atom is 0.332 e. The number of anilines is 1. The Morgan fingerprint density at radius 3 is 2.59 bits per heavy atom. The number of carbonyl (C=O) groups excluding carboxylic acids is 1. The van der Waals surface area contributed by atoms with Gasteiger partial charge in [0.25, 0.3) is 5.91 Å². The van der Waals surface area contributed by atoms with Crippen molar-refractivity contribution in [3.63, 3.8) is 0 Å². The molecule has 3 rings (SSSR count).